The molecule has 2 saturated carbocycles. The maximum absolute atomic E-state index is 6.14. The van der Waals surface area contributed by atoms with Gasteiger partial charge in [0.2, 0.25) is 0 Å². The summed E-state index contributed by atoms with van der Waals surface area (Å²) in [6.07, 6.45) is 5.44. The Morgan fingerprint density at radius 3 is 2.41 bits per heavy atom. The van der Waals surface area contributed by atoms with Crippen LogP contribution in [0.4, 0.5) is 0 Å². The first-order valence-corrected chi connectivity index (χ1v) is 6.95. The molecular formula is C14H17Cl2N. The number of likely N-dealkylation sites (N-methyl/N-ethyl adjacent to an activating group) is 1. The Morgan fingerprint density at radius 2 is 1.88 bits per heavy atom. The Bertz CT molecular complexity index is 444. The Hall–Kier alpha value is -0.240. The van der Waals surface area contributed by atoms with Crippen molar-refractivity contribution in [2.45, 2.75) is 31.1 Å². The fourth-order valence-corrected chi connectivity index (χ4v) is 3.81. The first kappa shape index (κ1) is 11.8. The largest absolute Gasteiger partial charge is 0.319 e. The number of hydrogen-bond acceptors (Lipinski definition) is 1. The number of hydrogen-bond donors (Lipinski definition) is 1. The minimum absolute atomic E-state index is 0.291. The number of halogens is 2. The minimum atomic E-state index is 0.291. The zero-order valence-corrected chi connectivity index (χ0v) is 11.5. The smallest absolute Gasteiger partial charge is 0.0595 e. The Balaban J connectivity index is 1.90. The molecule has 0 aromatic heterocycles. The molecule has 3 rings (SSSR count). The normalized spacial score (nSPS) is 23.5. The zero-order chi connectivity index (χ0) is 12.1. The molecule has 2 aliphatic rings. The van der Waals surface area contributed by atoms with Crippen molar-refractivity contribution in [2.75, 3.05) is 13.6 Å². The van der Waals surface area contributed by atoms with Gasteiger partial charge in [0.25, 0.3) is 0 Å². The van der Waals surface area contributed by atoms with Crippen LogP contribution in [0.25, 0.3) is 0 Å². The van der Waals surface area contributed by atoms with E-state index in [1.54, 1.807) is 0 Å². The van der Waals surface area contributed by atoms with Gasteiger partial charge in [0.05, 0.1) is 10.0 Å². The second kappa shape index (κ2) is 3.88. The van der Waals surface area contributed by atoms with Gasteiger partial charge in [-0.25, -0.2) is 0 Å². The Labute approximate surface area is 112 Å². The summed E-state index contributed by atoms with van der Waals surface area (Å²) in [6, 6.07) is 6.12. The fraction of sp³-hybridized carbons (Fsp3) is 0.571. The van der Waals surface area contributed by atoms with Gasteiger partial charge >= 0.3 is 0 Å². The van der Waals surface area contributed by atoms with E-state index < -0.39 is 0 Å². The molecule has 3 heteroatoms. The third kappa shape index (κ3) is 1.89. The number of nitrogens with one attached hydrogen (secondary N) is 1. The van der Waals surface area contributed by atoms with Crippen molar-refractivity contribution in [1.29, 1.82) is 0 Å². The monoisotopic (exact) mass is 269 g/mol. The lowest BCUT2D eigenvalue weighted by molar-refractivity contribution is 0.118. The summed E-state index contributed by atoms with van der Waals surface area (Å²) in [5, 5.41) is 4.66. The Kier molecular flexibility index (Phi) is 2.70. The lowest BCUT2D eigenvalue weighted by Crippen LogP contribution is -2.49. The quantitative estimate of drug-likeness (QED) is 0.874. The van der Waals surface area contributed by atoms with Crippen LogP contribution in [0.3, 0.4) is 0 Å². The van der Waals surface area contributed by atoms with Crippen molar-refractivity contribution in [2.24, 2.45) is 5.41 Å². The molecule has 0 amide bonds. The minimum Gasteiger partial charge on any atom is -0.319 e. The van der Waals surface area contributed by atoms with Crippen LogP contribution in [0, 0.1) is 5.41 Å². The van der Waals surface area contributed by atoms with E-state index in [0.717, 1.165) is 6.54 Å². The van der Waals surface area contributed by atoms with Crippen LogP contribution in [0.5, 0.6) is 0 Å². The van der Waals surface area contributed by atoms with Crippen LogP contribution >= 0.6 is 23.2 Å². The van der Waals surface area contributed by atoms with Crippen LogP contribution in [0.1, 0.15) is 31.2 Å². The number of benzene rings is 1. The first-order chi connectivity index (χ1) is 8.09. The molecule has 0 saturated heterocycles. The van der Waals surface area contributed by atoms with Gasteiger partial charge in [0.1, 0.15) is 0 Å². The molecule has 0 aliphatic heterocycles. The highest BCUT2D eigenvalue weighted by molar-refractivity contribution is 6.42. The molecule has 0 radical (unpaired) electrons. The predicted octanol–water partition coefficient (Wildman–Crippen LogP) is 4.02. The van der Waals surface area contributed by atoms with Gasteiger partial charge < -0.3 is 5.32 Å². The second-order valence-electron chi connectivity index (χ2n) is 5.79. The van der Waals surface area contributed by atoms with E-state index in [1.807, 2.05) is 13.1 Å². The predicted molar refractivity (Wildman–Crippen MR) is 73.0 cm³/mol. The van der Waals surface area contributed by atoms with Crippen molar-refractivity contribution >= 4 is 23.2 Å². The average Bonchev–Trinajstić information content (AvgIpc) is 3.01. The molecule has 1 nitrogen and oxygen atoms in total. The lowest BCUT2D eigenvalue weighted by atomic mass is 9.56. The van der Waals surface area contributed by atoms with Gasteiger partial charge in [-0.15, -0.1) is 0 Å². The highest BCUT2D eigenvalue weighted by Gasteiger charge is 2.60. The summed E-state index contributed by atoms with van der Waals surface area (Å²) >= 11 is 12.1. The van der Waals surface area contributed by atoms with Crippen LogP contribution in [-0.2, 0) is 5.41 Å². The van der Waals surface area contributed by atoms with Crippen molar-refractivity contribution in [3.63, 3.8) is 0 Å². The molecule has 0 unspecified atom stereocenters. The van der Waals surface area contributed by atoms with E-state index in [-0.39, 0.29) is 0 Å². The van der Waals surface area contributed by atoms with Gasteiger partial charge in [0.15, 0.2) is 0 Å². The lowest BCUT2D eigenvalue weighted by Gasteiger charge is -2.49. The topological polar surface area (TPSA) is 12.0 Å². The first-order valence-electron chi connectivity index (χ1n) is 6.19. The van der Waals surface area contributed by atoms with E-state index in [4.69, 9.17) is 23.2 Å². The summed E-state index contributed by atoms with van der Waals surface area (Å²) in [5.41, 5.74) is 2.32. The molecule has 1 N–H and O–H groups in total. The molecule has 1 aromatic rings. The van der Waals surface area contributed by atoms with Gasteiger partial charge in [-0.3, -0.25) is 0 Å². The SMILES string of the molecule is CNCC1(c2ccc(Cl)c(Cl)c2)CC2(CC2)C1. The Morgan fingerprint density at radius 1 is 1.18 bits per heavy atom. The van der Waals surface area contributed by atoms with Crippen molar-refractivity contribution in [1.82, 2.24) is 5.32 Å². The highest BCUT2D eigenvalue weighted by Crippen LogP contribution is 2.68. The summed E-state index contributed by atoms with van der Waals surface area (Å²) in [5.74, 6) is 0. The van der Waals surface area contributed by atoms with Crippen LogP contribution in [0.15, 0.2) is 18.2 Å². The van der Waals surface area contributed by atoms with E-state index in [9.17, 15) is 0 Å². The maximum Gasteiger partial charge on any atom is 0.0595 e. The third-order valence-electron chi connectivity index (χ3n) is 4.43. The standard InChI is InChI=1S/C14H17Cl2N/c1-17-9-14(7-13(8-14)4-5-13)10-2-3-11(15)12(16)6-10/h2-3,6,17H,4-5,7-9H2,1H3. The molecular weight excluding hydrogens is 253 g/mol. The summed E-state index contributed by atoms with van der Waals surface area (Å²) in [7, 11) is 2.02. The van der Waals surface area contributed by atoms with Crippen molar-refractivity contribution in [3.05, 3.63) is 33.8 Å². The zero-order valence-electron chi connectivity index (χ0n) is 10.0. The van der Waals surface area contributed by atoms with Crippen LogP contribution < -0.4 is 5.32 Å². The van der Waals surface area contributed by atoms with Crippen LogP contribution in [-0.4, -0.2) is 13.6 Å². The summed E-state index contributed by atoms with van der Waals surface area (Å²) in [6.45, 7) is 1.03. The highest BCUT2D eigenvalue weighted by atomic mass is 35.5. The molecule has 0 atom stereocenters. The number of rotatable bonds is 3. The van der Waals surface area contributed by atoms with E-state index >= 15 is 0 Å². The maximum atomic E-state index is 6.14. The fourth-order valence-electron chi connectivity index (χ4n) is 3.51. The molecule has 0 heterocycles. The van der Waals surface area contributed by atoms with Gasteiger partial charge in [-0.1, -0.05) is 29.3 Å². The van der Waals surface area contributed by atoms with Gasteiger partial charge in [-0.05, 0) is 55.8 Å². The van der Waals surface area contributed by atoms with Crippen molar-refractivity contribution < 1.29 is 0 Å². The van der Waals surface area contributed by atoms with Gasteiger partial charge in [-0.2, -0.15) is 0 Å². The molecule has 2 fully saturated rings. The average molecular weight is 270 g/mol. The molecule has 92 valence electrons. The third-order valence-corrected chi connectivity index (χ3v) is 5.17. The molecule has 2 aliphatic carbocycles. The molecule has 1 spiro atoms. The van der Waals surface area contributed by atoms with E-state index in [1.165, 1.54) is 31.2 Å². The summed E-state index contributed by atoms with van der Waals surface area (Å²) < 4.78 is 0. The second-order valence-corrected chi connectivity index (χ2v) is 6.61. The molecule has 0 bridgehead atoms. The van der Waals surface area contributed by atoms with Crippen molar-refractivity contribution in [3.8, 4) is 0 Å². The van der Waals surface area contributed by atoms with E-state index in [2.05, 4.69) is 17.4 Å². The van der Waals surface area contributed by atoms with Gasteiger partial charge in [0, 0.05) is 12.0 Å². The van der Waals surface area contributed by atoms with Crippen LogP contribution in [0.2, 0.25) is 10.0 Å². The molecule has 1 aromatic carbocycles. The molecule has 17 heavy (non-hydrogen) atoms. The summed E-state index contributed by atoms with van der Waals surface area (Å²) in [4.78, 5) is 0. The van der Waals surface area contributed by atoms with E-state index in [0.29, 0.717) is 20.9 Å².